The van der Waals surface area contributed by atoms with Crippen molar-refractivity contribution in [2.24, 2.45) is 0 Å². The highest BCUT2D eigenvalue weighted by atomic mass is 79.9. The van der Waals surface area contributed by atoms with Crippen LogP contribution in [0.1, 0.15) is 42.9 Å². The van der Waals surface area contributed by atoms with Gasteiger partial charge in [-0.2, -0.15) is 0 Å². The van der Waals surface area contributed by atoms with Crippen molar-refractivity contribution in [3.63, 3.8) is 0 Å². The Labute approximate surface area is 183 Å². The highest BCUT2D eigenvalue weighted by Gasteiger charge is 2.45. The Bertz CT molecular complexity index is 969. The van der Waals surface area contributed by atoms with Crippen LogP contribution in [0.2, 0.25) is 0 Å². The van der Waals surface area contributed by atoms with Crippen LogP contribution in [-0.2, 0) is 14.4 Å². The van der Waals surface area contributed by atoms with Crippen LogP contribution in [0.15, 0.2) is 64.6 Å². The normalized spacial score (nSPS) is 18.0. The molecule has 1 unspecified atom stereocenters. The quantitative estimate of drug-likeness (QED) is 0.255. The van der Waals surface area contributed by atoms with Crippen LogP contribution in [0.25, 0.3) is 5.76 Å². The number of amides is 1. The summed E-state index contributed by atoms with van der Waals surface area (Å²) in [7, 11) is 0. The van der Waals surface area contributed by atoms with Crippen molar-refractivity contribution in [1.29, 1.82) is 0 Å². The number of hydrogen-bond acceptors (Lipinski definition) is 4. The number of carbonyl (C=O) groups excluding carboxylic acids is 2. The molecule has 0 radical (unpaired) electrons. The Balaban J connectivity index is 1.94. The molecule has 3 rings (SSSR count). The van der Waals surface area contributed by atoms with Crippen molar-refractivity contribution in [3.05, 3.63) is 75.8 Å². The average Bonchev–Trinajstić information content (AvgIpc) is 2.99. The van der Waals surface area contributed by atoms with E-state index in [9.17, 15) is 19.5 Å². The molecule has 156 valence electrons. The van der Waals surface area contributed by atoms with Crippen molar-refractivity contribution in [3.8, 4) is 0 Å². The van der Waals surface area contributed by atoms with Crippen LogP contribution in [0.3, 0.4) is 0 Å². The molecule has 1 aliphatic rings. The number of benzene rings is 2. The Hall–Kier alpha value is -2.93. The number of rotatable bonds is 8. The molecule has 1 fully saturated rings. The lowest BCUT2D eigenvalue weighted by Gasteiger charge is -2.25. The summed E-state index contributed by atoms with van der Waals surface area (Å²) in [4.78, 5) is 37.8. The predicted octanol–water partition coefficient (Wildman–Crippen LogP) is 4.52. The largest absolute Gasteiger partial charge is 0.507 e. The molecule has 0 aliphatic carbocycles. The number of nitrogens with zero attached hydrogens (tertiary/aromatic N) is 1. The lowest BCUT2D eigenvalue weighted by atomic mass is 9.95. The second kappa shape index (κ2) is 9.71. The summed E-state index contributed by atoms with van der Waals surface area (Å²) in [5, 5.41) is 19.7. The third-order valence-corrected chi connectivity index (χ3v) is 5.59. The molecule has 1 heterocycles. The van der Waals surface area contributed by atoms with Gasteiger partial charge in [0.05, 0.1) is 11.6 Å². The lowest BCUT2D eigenvalue weighted by molar-refractivity contribution is -0.140. The molecule has 2 N–H and O–H groups in total. The van der Waals surface area contributed by atoms with Crippen molar-refractivity contribution >= 4 is 39.3 Å². The van der Waals surface area contributed by atoms with Gasteiger partial charge in [-0.3, -0.25) is 14.4 Å². The van der Waals surface area contributed by atoms with Gasteiger partial charge in [-0.15, -0.1) is 0 Å². The third kappa shape index (κ3) is 4.79. The monoisotopic (exact) mass is 471 g/mol. The maximum atomic E-state index is 12.9. The van der Waals surface area contributed by atoms with Crippen LogP contribution in [0.4, 0.5) is 0 Å². The van der Waals surface area contributed by atoms with Gasteiger partial charge in [0.15, 0.2) is 0 Å². The third-order valence-electron chi connectivity index (χ3n) is 5.06. The van der Waals surface area contributed by atoms with E-state index in [1.807, 2.05) is 30.3 Å². The minimum atomic E-state index is -0.853. The van der Waals surface area contributed by atoms with E-state index in [0.717, 1.165) is 10.0 Å². The van der Waals surface area contributed by atoms with Crippen molar-refractivity contribution < 1.29 is 24.6 Å². The molecule has 2 aromatic rings. The standard InChI is InChI=1S/C23H22BrNO5/c24-17-12-10-16(11-13-17)21(28)19-20(15-7-3-1-4-8-15)25(23(30)22(19)29)14-6-2-5-9-18(26)27/h1,3-4,7-8,10-13,20,28H,2,5-6,9,14H2,(H,26,27)/b21-19-. The van der Waals surface area contributed by atoms with E-state index in [4.69, 9.17) is 5.11 Å². The van der Waals surface area contributed by atoms with E-state index in [1.54, 1.807) is 24.3 Å². The van der Waals surface area contributed by atoms with Crippen molar-refractivity contribution in [1.82, 2.24) is 4.90 Å². The highest BCUT2D eigenvalue weighted by Crippen LogP contribution is 2.39. The number of halogens is 1. The fourth-order valence-corrected chi connectivity index (χ4v) is 3.86. The zero-order valence-corrected chi connectivity index (χ0v) is 17.8. The molecular weight excluding hydrogens is 450 g/mol. The summed E-state index contributed by atoms with van der Waals surface area (Å²) >= 11 is 3.34. The molecule has 1 atom stereocenters. The van der Waals surface area contributed by atoms with Gasteiger partial charge in [-0.05, 0) is 30.5 Å². The first-order valence-electron chi connectivity index (χ1n) is 9.71. The molecule has 7 heteroatoms. The molecule has 0 bridgehead atoms. The summed E-state index contributed by atoms with van der Waals surface area (Å²) in [6.07, 6.45) is 1.78. The SMILES string of the molecule is O=C(O)CCCCCN1C(=O)C(=O)/C(=C(\O)c2ccc(Br)cc2)C1c1ccccc1. The van der Waals surface area contributed by atoms with Gasteiger partial charge in [-0.1, -0.05) is 64.8 Å². The predicted molar refractivity (Wildman–Crippen MR) is 116 cm³/mol. The first-order chi connectivity index (χ1) is 14.4. The van der Waals surface area contributed by atoms with Crippen LogP contribution < -0.4 is 0 Å². The summed E-state index contributed by atoms with van der Waals surface area (Å²) in [6.45, 7) is 0.306. The van der Waals surface area contributed by atoms with Gasteiger partial charge in [0, 0.05) is 23.0 Å². The number of carboxylic acids is 1. The minimum absolute atomic E-state index is 0.0686. The smallest absolute Gasteiger partial charge is 0.303 e. The maximum Gasteiger partial charge on any atom is 0.303 e. The number of aliphatic hydroxyl groups excluding tert-OH is 1. The molecule has 1 saturated heterocycles. The fraction of sp³-hybridized carbons (Fsp3) is 0.261. The van der Waals surface area contributed by atoms with E-state index < -0.39 is 23.7 Å². The van der Waals surface area contributed by atoms with E-state index in [2.05, 4.69) is 15.9 Å². The van der Waals surface area contributed by atoms with Crippen molar-refractivity contribution in [2.45, 2.75) is 31.7 Å². The van der Waals surface area contributed by atoms with Crippen LogP contribution in [0, 0.1) is 0 Å². The van der Waals surface area contributed by atoms with Crippen LogP contribution >= 0.6 is 15.9 Å². The molecule has 30 heavy (non-hydrogen) atoms. The number of aliphatic hydroxyl groups is 1. The lowest BCUT2D eigenvalue weighted by Crippen LogP contribution is -2.30. The molecule has 1 aliphatic heterocycles. The summed E-state index contributed by atoms with van der Waals surface area (Å²) < 4.78 is 0.834. The van der Waals surface area contributed by atoms with E-state index >= 15 is 0 Å². The van der Waals surface area contributed by atoms with E-state index in [0.29, 0.717) is 31.4 Å². The Morgan fingerprint density at radius 1 is 0.933 bits per heavy atom. The van der Waals surface area contributed by atoms with Gasteiger partial charge in [0.25, 0.3) is 11.7 Å². The van der Waals surface area contributed by atoms with Gasteiger partial charge >= 0.3 is 5.97 Å². The summed E-state index contributed by atoms with van der Waals surface area (Å²) in [5.41, 5.74) is 1.26. The first kappa shape index (κ1) is 21.8. The molecule has 0 spiro atoms. The maximum absolute atomic E-state index is 12.9. The fourth-order valence-electron chi connectivity index (χ4n) is 3.59. The Morgan fingerprint density at radius 3 is 2.23 bits per heavy atom. The second-order valence-corrected chi connectivity index (χ2v) is 8.03. The number of hydrogen-bond donors (Lipinski definition) is 2. The zero-order chi connectivity index (χ0) is 21.7. The summed E-state index contributed by atoms with van der Waals surface area (Å²) in [6, 6.07) is 15.3. The molecule has 0 saturated carbocycles. The van der Waals surface area contributed by atoms with E-state index in [-0.39, 0.29) is 17.8 Å². The number of carbonyl (C=O) groups is 3. The number of ketones is 1. The second-order valence-electron chi connectivity index (χ2n) is 7.11. The van der Waals surface area contributed by atoms with Crippen LogP contribution in [0.5, 0.6) is 0 Å². The van der Waals surface area contributed by atoms with Gasteiger partial charge < -0.3 is 15.1 Å². The Morgan fingerprint density at radius 2 is 1.60 bits per heavy atom. The molecule has 2 aromatic carbocycles. The minimum Gasteiger partial charge on any atom is -0.507 e. The summed E-state index contributed by atoms with van der Waals surface area (Å²) in [5.74, 6) is -2.42. The van der Waals surface area contributed by atoms with Gasteiger partial charge in [0.1, 0.15) is 5.76 Å². The number of likely N-dealkylation sites (tertiary alicyclic amines) is 1. The first-order valence-corrected chi connectivity index (χ1v) is 10.5. The highest BCUT2D eigenvalue weighted by molar-refractivity contribution is 9.10. The molecule has 0 aromatic heterocycles. The van der Waals surface area contributed by atoms with Gasteiger partial charge in [-0.25, -0.2) is 0 Å². The van der Waals surface area contributed by atoms with Crippen molar-refractivity contribution in [2.75, 3.05) is 6.54 Å². The molecule has 1 amide bonds. The molecular formula is C23H22BrNO5. The molecule has 6 nitrogen and oxygen atoms in total. The average molecular weight is 472 g/mol. The Kier molecular flexibility index (Phi) is 7.05. The number of carboxylic acid groups (broad SMARTS) is 1. The number of Topliss-reactive ketones (excluding diaryl/α,β-unsaturated/α-hetero) is 1. The zero-order valence-electron chi connectivity index (χ0n) is 16.3. The number of unbranched alkanes of at least 4 members (excludes halogenated alkanes) is 2. The topological polar surface area (TPSA) is 94.9 Å². The van der Waals surface area contributed by atoms with E-state index in [1.165, 1.54) is 4.90 Å². The van der Waals surface area contributed by atoms with Gasteiger partial charge in [0.2, 0.25) is 0 Å². The number of aliphatic carboxylic acids is 1. The van der Waals surface area contributed by atoms with Crippen LogP contribution in [-0.4, -0.2) is 39.3 Å².